The Labute approximate surface area is 105 Å². The zero-order valence-corrected chi connectivity index (χ0v) is 10.9. The average molecular weight is 257 g/mol. The van der Waals surface area contributed by atoms with Crippen LogP contribution in [0.1, 0.15) is 40.0 Å². The van der Waals surface area contributed by atoms with Crippen molar-refractivity contribution in [2.75, 3.05) is 0 Å². The molecule has 1 nitrogen and oxygen atoms in total. The van der Waals surface area contributed by atoms with Crippen LogP contribution in [0.2, 0.25) is 0 Å². The van der Waals surface area contributed by atoms with Crippen molar-refractivity contribution < 1.29 is 13.2 Å². The SMILES string of the molecule is CC[C@@H]1CC2=C(C=C(C(F)(F)F)CC2C)N=C1C. The Morgan fingerprint density at radius 1 is 1.33 bits per heavy atom. The number of rotatable bonds is 1. The molecule has 2 aliphatic rings. The van der Waals surface area contributed by atoms with E-state index in [0.717, 1.165) is 24.1 Å². The fourth-order valence-electron chi connectivity index (χ4n) is 2.76. The number of aliphatic imine (C=N–C) groups is 1. The fourth-order valence-corrected chi connectivity index (χ4v) is 2.76. The van der Waals surface area contributed by atoms with Gasteiger partial charge in [-0.05, 0) is 43.8 Å². The summed E-state index contributed by atoms with van der Waals surface area (Å²) in [6, 6.07) is 0. The highest BCUT2D eigenvalue weighted by Crippen LogP contribution is 2.42. The van der Waals surface area contributed by atoms with Gasteiger partial charge in [0.15, 0.2) is 0 Å². The zero-order chi connectivity index (χ0) is 13.5. The molecule has 0 fully saturated rings. The van der Waals surface area contributed by atoms with Gasteiger partial charge in [-0.25, -0.2) is 0 Å². The van der Waals surface area contributed by atoms with Crippen LogP contribution in [-0.4, -0.2) is 11.9 Å². The quantitative estimate of drug-likeness (QED) is 0.648. The molecule has 100 valence electrons. The van der Waals surface area contributed by atoms with E-state index in [-0.39, 0.29) is 12.3 Å². The second-order valence-electron chi connectivity index (χ2n) is 5.25. The van der Waals surface area contributed by atoms with E-state index in [2.05, 4.69) is 11.9 Å². The maximum atomic E-state index is 12.8. The molecular formula is C14H18F3N. The van der Waals surface area contributed by atoms with E-state index in [9.17, 15) is 13.2 Å². The van der Waals surface area contributed by atoms with E-state index in [1.54, 1.807) is 0 Å². The van der Waals surface area contributed by atoms with Crippen molar-refractivity contribution in [2.24, 2.45) is 16.8 Å². The summed E-state index contributed by atoms with van der Waals surface area (Å²) >= 11 is 0. The summed E-state index contributed by atoms with van der Waals surface area (Å²) in [5.74, 6) is 0.347. The lowest BCUT2D eigenvalue weighted by Crippen LogP contribution is -2.25. The third kappa shape index (κ3) is 2.38. The predicted molar refractivity (Wildman–Crippen MR) is 66.5 cm³/mol. The lowest BCUT2D eigenvalue weighted by atomic mass is 9.78. The van der Waals surface area contributed by atoms with Crippen LogP contribution < -0.4 is 0 Å². The van der Waals surface area contributed by atoms with Crippen LogP contribution in [0, 0.1) is 11.8 Å². The summed E-state index contributed by atoms with van der Waals surface area (Å²) < 4.78 is 38.3. The Balaban J connectivity index is 2.38. The van der Waals surface area contributed by atoms with Crippen molar-refractivity contribution in [2.45, 2.75) is 46.2 Å². The number of alkyl halides is 3. The maximum Gasteiger partial charge on any atom is 0.412 e. The van der Waals surface area contributed by atoms with Gasteiger partial charge in [0.25, 0.3) is 0 Å². The van der Waals surface area contributed by atoms with E-state index in [0.29, 0.717) is 11.6 Å². The lowest BCUT2D eigenvalue weighted by Gasteiger charge is -2.31. The van der Waals surface area contributed by atoms with Crippen molar-refractivity contribution in [1.29, 1.82) is 0 Å². The smallest absolute Gasteiger partial charge is 0.258 e. The first-order valence-corrected chi connectivity index (χ1v) is 6.39. The molecule has 0 aromatic heterocycles. The van der Waals surface area contributed by atoms with Crippen molar-refractivity contribution in [3.8, 4) is 0 Å². The molecule has 0 saturated heterocycles. The van der Waals surface area contributed by atoms with Gasteiger partial charge >= 0.3 is 6.18 Å². The van der Waals surface area contributed by atoms with Crippen LogP contribution in [0.5, 0.6) is 0 Å². The summed E-state index contributed by atoms with van der Waals surface area (Å²) in [6.45, 7) is 5.88. The third-order valence-electron chi connectivity index (χ3n) is 3.97. The molecule has 0 spiro atoms. The molecule has 0 radical (unpaired) electrons. The van der Waals surface area contributed by atoms with Crippen LogP contribution in [0.4, 0.5) is 13.2 Å². The monoisotopic (exact) mass is 257 g/mol. The van der Waals surface area contributed by atoms with E-state index in [1.807, 2.05) is 13.8 Å². The minimum absolute atomic E-state index is 0.0486. The van der Waals surface area contributed by atoms with Gasteiger partial charge in [0.2, 0.25) is 0 Å². The zero-order valence-electron chi connectivity index (χ0n) is 10.9. The molecule has 2 atom stereocenters. The van der Waals surface area contributed by atoms with Crippen LogP contribution >= 0.6 is 0 Å². The summed E-state index contributed by atoms with van der Waals surface area (Å²) in [4.78, 5) is 4.39. The van der Waals surface area contributed by atoms with Crippen LogP contribution in [0.3, 0.4) is 0 Å². The van der Waals surface area contributed by atoms with E-state index in [4.69, 9.17) is 0 Å². The Bertz CT molecular complexity index is 440. The first-order valence-electron chi connectivity index (χ1n) is 6.39. The summed E-state index contributed by atoms with van der Waals surface area (Å²) in [6.07, 6.45) is -1.03. The minimum atomic E-state index is -4.22. The largest absolute Gasteiger partial charge is 0.412 e. The Kier molecular flexibility index (Phi) is 3.39. The van der Waals surface area contributed by atoms with E-state index in [1.165, 1.54) is 6.08 Å². The topological polar surface area (TPSA) is 12.4 Å². The molecule has 1 heterocycles. The molecule has 0 amide bonds. The van der Waals surface area contributed by atoms with Gasteiger partial charge in [0.05, 0.1) is 5.70 Å². The number of nitrogens with zero attached hydrogens (tertiary/aromatic N) is 1. The van der Waals surface area contributed by atoms with Gasteiger partial charge in [-0.15, -0.1) is 0 Å². The second kappa shape index (κ2) is 4.56. The molecule has 0 N–H and O–H groups in total. The van der Waals surface area contributed by atoms with E-state index >= 15 is 0 Å². The average Bonchev–Trinajstić information content (AvgIpc) is 2.26. The van der Waals surface area contributed by atoms with Crippen molar-refractivity contribution in [1.82, 2.24) is 0 Å². The molecule has 0 aromatic carbocycles. The van der Waals surface area contributed by atoms with Gasteiger partial charge < -0.3 is 0 Å². The van der Waals surface area contributed by atoms with Gasteiger partial charge in [-0.3, -0.25) is 4.99 Å². The molecule has 0 saturated carbocycles. The third-order valence-corrected chi connectivity index (χ3v) is 3.97. The number of halogens is 3. The second-order valence-corrected chi connectivity index (χ2v) is 5.25. The summed E-state index contributed by atoms with van der Waals surface area (Å²) in [5.41, 5.74) is 2.17. The van der Waals surface area contributed by atoms with Crippen LogP contribution in [0.25, 0.3) is 0 Å². The van der Waals surface area contributed by atoms with Crippen molar-refractivity contribution in [3.05, 3.63) is 22.9 Å². The Morgan fingerprint density at radius 2 is 2.00 bits per heavy atom. The predicted octanol–water partition coefficient (Wildman–Crippen LogP) is 4.66. The lowest BCUT2D eigenvalue weighted by molar-refractivity contribution is -0.0952. The highest BCUT2D eigenvalue weighted by Gasteiger charge is 2.38. The summed E-state index contributed by atoms with van der Waals surface area (Å²) in [7, 11) is 0. The van der Waals surface area contributed by atoms with Crippen LogP contribution in [-0.2, 0) is 0 Å². The highest BCUT2D eigenvalue weighted by atomic mass is 19.4. The van der Waals surface area contributed by atoms with Gasteiger partial charge in [-0.1, -0.05) is 13.8 Å². The fraction of sp³-hybridized carbons (Fsp3) is 0.643. The van der Waals surface area contributed by atoms with Crippen molar-refractivity contribution >= 4 is 5.71 Å². The molecule has 4 heteroatoms. The van der Waals surface area contributed by atoms with Gasteiger partial charge in [0, 0.05) is 17.2 Å². The number of hydrogen-bond acceptors (Lipinski definition) is 1. The van der Waals surface area contributed by atoms with Gasteiger partial charge in [-0.2, -0.15) is 13.2 Å². The molecule has 2 rings (SSSR count). The number of allylic oxidation sites excluding steroid dienone is 3. The molecule has 18 heavy (non-hydrogen) atoms. The Morgan fingerprint density at radius 3 is 2.56 bits per heavy atom. The first kappa shape index (κ1) is 13.4. The molecule has 0 aromatic rings. The Hall–Kier alpha value is -1.06. The first-order chi connectivity index (χ1) is 8.32. The highest BCUT2D eigenvalue weighted by molar-refractivity contribution is 5.87. The molecule has 1 aliphatic heterocycles. The van der Waals surface area contributed by atoms with E-state index < -0.39 is 11.7 Å². The molecular weight excluding hydrogens is 239 g/mol. The molecule has 1 unspecified atom stereocenters. The minimum Gasteiger partial charge on any atom is -0.258 e. The van der Waals surface area contributed by atoms with Crippen LogP contribution in [0.15, 0.2) is 27.9 Å². The molecule has 1 aliphatic carbocycles. The van der Waals surface area contributed by atoms with Crippen molar-refractivity contribution in [3.63, 3.8) is 0 Å². The standard InChI is InChI=1S/C14H18F3N/c1-4-10-6-12-8(2)5-11(14(15,16)17)7-13(12)18-9(10)3/h7-8,10H,4-6H2,1-3H3/t8?,10-/m1/s1. The summed E-state index contributed by atoms with van der Waals surface area (Å²) in [5, 5.41) is 0. The molecule has 0 bridgehead atoms. The maximum absolute atomic E-state index is 12.8. The van der Waals surface area contributed by atoms with Gasteiger partial charge in [0.1, 0.15) is 0 Å². The number of hydrogen-bond donors (Lipinski definition) is 0. The normalized spacial score (nSPS) is 28.8.